The highest BCUT2D eigenvalue weighted by atomic mass is 32.1. The summed E-state index contributed by atoms with van der Waals surface area (Å²) in [4.78, 5) is 50.0. The van der Waals surface area contributed by atoms with Crippen LogP contribution in [0.1, 0.15) is 26.7 Å². The molecule has 3 N–H and O–H groups in total. The summed E-state index contributed by atoms with van der Waals surface area (Å²) < 4.78 is 0. The van der Waals surface area contributed by atoms with Gasteiger partial charge in [-0.2, -0.15) is 0 Å². The summed E-state index contributed by atoms with van der Waals surface area (Å²) in [5.74, 6) is -0.980. The highest BCUT2D eigenvalue weighted by molar-refractivity contribution is 7.21. The molecule has 1 aliphatic rings. The standard InChI is InChI=1S/C19H26N6O3S/c1-12(2)10-16(27)22-14(11-15(20)26)18(28)24-6-8-25(9-7-24)19-23-13-4-3-5-21-17(13)29-19/h3-5,12,14H,6-11H2,1-2H3,(H2,20,26)(H,22,27). The molecule has 1 aliphatic heterocycles. The quantitative estimate of drug-likeness (QED) is 0.684. The Labute approximate surface area is 173 Å². The van der Waals surface area contributed by atoms with Crippen LogP contribution in [0.3, 0.4) is 0 Å². The smallest absolute Gasteiger partial charge is 0.245 e. The number of hydrogen-bond donors (Lipinski definition) is 2. The average molecular weight is 419 g/mol. The number of thiazole rings is 1. The molecule has 0 bridgehead atoms. The number of amides is 3. The number of carbonyl (C=O) groups excluding carboxylic acids is 3. The number of hydrogen-bond acceptors (Lipinski definition) is 7. The van der Waals surface area contributed by atoms with Crippen LogP contribution in [0.5, 0.6) is 0 Å². The number of piperazine rings is 1. The monoisotopic (exact) mass is 418 g/mol. The lowest BCUT2D eigenvalue weighted by Gasteiger charge is -2.36. The summed E-state index contributed by atoms with van der Waals surface area (Å²) in [5.41, 5.74) is 6.15. The van der Waals surface area contributed by atoms with E-state index >= 15 is 0 Å². The SMILES string of the molecule is CC(C)CC(=O)NC(CC(N)=O)C(=O)N1CCN(c2nc3cccnc3s2)CC1. The van der Waals surface area contributed by atoms with Crippen LogP contribution in [0.2, 0.25) is 0 Å². The summed E-state index contributed by atoms with van der Waals surface area (Å²) in [6.07, 6.45) is 1.84. The molecule has 1 unspecified atom stereocenters. The minimum absolute atomic E-state index is 0.158. The van der Waals surface area contributed by atoms with E-state index in [1.54, 1.807) is 11.1 Å². The summed E-state index contributed by atoms with van der Waals surface area (Å²) in [5, 5.41) is 3.55. The highest BCUT2D eigenvalue weighted by Gasteiger charge is 2.30. The van der Waals surface area contributed by atoms with Gasteiger partial charge in [-0.25, -0.2) is 9.97 Å². The van der Waals surface area contributed by atoms with Crippen molar-refractivity contribution >= 4 is 44.5 Å². The molecular weight excluding hydrogens is 392 g/mol. The third-order valence-electron chi connectivity index (χ3n) is 4.65. The van der Waals surface area contributed by atoms with Gasteiger partial charge < -0.3 is 20.9 Å². The van der Waals surface area contributed by atoms with Crippen LogP contribution in [0.4, 0.5) is 5.13 Å². The average Bonchev–Trinajstić information content (AvgIpc) is 3.10. The second-order valence-corrected chi connectivity index (χ2v) is 8.48. The Kier molecular flexibility index (Phi) is 6.63. The van der Waals surface area contributed by atoms with Gasteiger partial charge in [-0.05, 0) is 18.1 Å². The molecule has 156 valence electrons. The zero-order valence-electron chi connectivity index (χ0n) is 16.6. The molecule has 3 heterocycles. The van der Waals surface area contributed by atoms with Crippen LogP contribution in [-0.4, -0.2) is 64.8 Å². The van der Waals surface area contributed by atoms with Crippen molar-refractivity contribution in [3.63, 3.8) is 0 Å². The number of fused-ring (bicyclic) bond motifs is 1. The number of aromatic nitrogens is 2. The number of anilines is 1. The summed E-state index contributed by atoms with van der Waals surface area (Å²) in [6.45, 7) is 6.04. The van der Waals surface area contributed by atoms with Gasteiger partial charge in [-0.15, -0.1) is 0 Å². The van der Waals surface area contributed by atoms with Crippen LogP contribution in [0.25, 0.3) is 10.3 Å². The van der Waals surface area contributed by atoms with Crippen LogP contribution in [0, 0.1) is 5.92 Å². The molecule has 0 aliphatic carbocycles. The molecular formula is C19H26N6O3S. The van der Waals surface area contributed by atoms with E-state index in [-0.39, 0.29) is 24.2 Å². The summed E-state index contributed by atoms with van der Waals surface area (Å²) >= 11 is 1.52. The summed E-state index contributed by atoms with van der Waals surface area (Å²) in [6, 6.07) is 2.86. The second-order valence-electron chi connectivity index (χ2n) is 7.52. The molecule has 2 aromatic rings. The first-order valence-corrected chi connectivity index (χ1v) is 10.5. The number of pyridine rings is 1. The number of primary amides is 1. The Morgan fingerprint density at radius 2 is 1.93 bits per heavy atom. The van der Waals surface area contributed by atoms with E-state index in [1.165, 1.54) is 11.3 Å². The van der Waals surface area contributed by atoms with Gasteiger partial charge in [-0.1, -0.05) is 25.2 Å². The number of carbonyl (C=O) groups is 3. The van der Waals surface area contributed by atoms with Crippen molar-refractivity contribution in [2.24, 2.45) is 11.7 Å². The lowest BCUT2D eigenvalue weighted by molar-refractivity contribution is -0.138. The number of nitrogens with zero attached hydrogens (tertiary/aromatic N) is 4. The van der Waals surface area contributed by atoms with E-state index in [1.807, 2.05) is 26.0 Å². The van der Waals surface area contributed by atoms with E-state index in [9.17, 15) is 14.4 Å². The van der Waals surface area contributed by atoms with Crippen LogP contribution in [-0.2, 0) is 14.4 Å². The van der Waals surface area contributed by atoms with Crippen molar-refractivity contribution < 1.29 is 14.4 Å². The van der Waals surface area contributed by atoms with Gasteiger partial charge in [0.1, 0.15) is 16.4 Å². The fourth-order valence-corrected chi connectivity index (χ4v) is 4.22. The van der Waals surface area contributed by atoms with Crippen molar-refractivity contribution in [1.82, 2.24) is 20.2 Å². The molecule has 0 spiro atoms. The maximum absolute atomic E-state index is 12.9. The zero-order chi connectivity index (χ0) is 21.0. The van der Waals surface area contributed by atoms with Crippen LogP contribution < -0.4 is 16.0 Å². The molecule has 9 nitrogen and oxygen atoms in total. The van der Waals surface area contributed by atoms with Gasteiger partial charge in [0.25, 0.3) is 0 Å². The minimum Gasteiger partial charge on any atom is -0.370 e. The number of rotatable bonds is 7. The Morgan fingerprint density at radius 3 is 2.55 bits per heavy atom. The Hall–Kier alpha value is -2.75. The fraction of sp³-hybridized carbons (Fsp3) is 0.526. The molecule has 1 atom stereocenters. The predicted molar refractivity (Wildman–Crippen MR) is 111 cm³/mol. The lowest BCUT2D eigenvalue weighted by Crippen LogP contribution is -2.55. The van der Waals surface area contributed by atoms with E-state index in [0.717, 1.165) is 15.5 Å². The molecule has 0 saturated carbocycles. The molecule has 10 heteroatoms. The first-order valence-electron chi connectivity index (χ1n) is 9.66. The first kappa shape index (κ1) is 21.0. The first-order chi connectivity index (χ1) is 13.8. The Bertz CT molecular complexity index is 858. The normalized spacial score (nSPS) is 15.6. The van der Waals surface area contributed by atoms with E-state index in [2.05, 4.69) is 20.2 Å². The zero-order valence-corrected chi connectivity index (χ0v) is 17.4. The minimum atomic E-state index is -0.919. The van der Waals surface area contributed by atoms with E-state index in [0.29, 0.717) is 32.6 Å². The molecule has 29 heavy (non-hydrogen) atoms. The molecule has 3 amide bonds. The van der Waals surface area contributed by atoms with Gasteiger partial charge in [0.2, 0.25) is 17.7 Å². The maximum atomic E-state index is 12.9. The van der Waals surface area contributed by atoms with E-state index in [4.69, 9.17) is 5.73 Å². The fourth-order valence-electron chi connectivity index (χ4n) is 3.26. The highest BCUT2D eigenvalue weighted by Crippen LogP contribution is 2.27. The van der Waals surface area contributed by atoms with Crippen molar-refractivity contribution in [2.45, 2.75) is 32.7 Å². The Morgan fingerprint density at radius 1 is 1.21 bits per heavy atom. The Balaban J connectivity index is 1.61. The number of nitrogens with two attached hydrogens (primary N) is 1. The van der Waals surface area contributed by atoms with Crippen molar-refractivity contribution in [2.75, 3.05) is 31.1 Å². The number of nitrogens with one attached hydrogen (secondary N) is 1. The van der Waals surface area contributed by atoms with Crippen molar-refractivity contribution in [1.29, 1.82) is 0 Å². The largest absolute Gasteiger partial charge is 0.370 e. The lowest BCUT2D eigenvalue weighted by atomic mass is 10.1. The molecule has 1 fully saturated rings. The topological polar surface area (TPSA) is 122 Å². The molecule has 3 rings (SSSR count). The van der Waals surface area contributed by atoms with Crippen molar-refractivity contribution in [3.05, 3.63) is 18.3 Å². The molecule has 1 saturated heterocycles. The van der Waals surface area contributed by atoms with Gasteiger partial charge in [0.15, 0.2) is 5.13 Å². The van der Waals surface area contributed by atoms with Crippen molar-refractivity contribution in [3.8, 4) is 0 Å². The third kappa shape index (κ3) is 5.41. The molecule has 0 aromatic carbocycles. The van der Waals surface area contributed by atoms with Gasteiger partial charge in [-0.3, -0.25) is 14.4 Å². The van der Waals surface area contributed by atoms with Crippen LogP contribution >= 0.6 is 11.3 Å². The molecule has 2 aromatic heterocycles. The van der Waals surface area contributed by atoms with Crippen LogP contribution in [0.15, 0.2) is 18.3 Å². The summed E-state index contributed by atoms with van der Waals surface area (Å²) in [7, 11) is 0. The van der Waals surface area contributed by atoms with E-state index < -0.39 is 11.9 Å². The molecule has 0 radical (unpaired) electrons. The van der Waals surface area contributed by atoms with Gasteiger partial charge in [0, 0.05) is 38.8 Å². The maximum Gasteiger partial charge on any atom is 0.245 e. The van der Waals surface area contributed by atoms with Gasteiger partial charge in [0.05, 0.1) is 6.42 Å². The van der Waals surface area contributed by atoms with Gasteiger partial charge >= 0.3 is 0 Å². The third-order valence-corrected chi connectivity index (χ3v) is 5.69. The predicted octanol–water partition coefficient (Wildman–Crippen LogP) is 0.746. The second kappa shape index (κ2) is 9.17.